The fraction of sp³-hybridized carbons (Fsp3) is 0.219. The Morgan fingerprint density at radius 1 is 0.975 bits per heavy atom. The van der Waals surface area contributed by atoms with Gasteiger partial charge in [0.1, 0.15) is 5.60 Å². The Morgan fingerprint density at radius 3 is 2.38 bits per heavy atom. The molecule has 1 unspecified atom stereocenters. The Balaban J connectivity index is 1.72. The summed E-state index contributed by atoms with van der Waals surface area (Å²) in [6.45, 7) is 5.79. The van der Waals surface area contributed by atoms with Crippen LogP contribution < -0.4 is 5.56 Å². The number of benzene rings is 3. The van der Waals surface area contributed by atoms with E-state index in [9.17, 15) is 9.90 Å². The van der Waals surface area contributed by atoms with E-state index in [0.29, 0.717) is 21.8 Å². The second-order valence-electron chi connectivity index (χ2n) is 10.9. The molecule has 5 aromatic rings. The number of aliphatic hydroxyl groups is 1. The molecule has 0 amide bonds. The molecule has 0 aliphatic carbocycles. The molecule has 0 saturated heterocycles. The van der Waals surface area contributed by atoms with Crippen molar-refractivity contribution in [2.75, 3.05) is 0 Å². The van der Waals surface area contributed by atoms with Gasteiger partial charge in [-0.05, 0) is 78.9 Å². The van der Waals surface area contributed by atoms with Crippen LogP contribution >= 0.6 is 11.6 Å². The van der Waals surface area contributed by atoms with Crippen molar-refractivity contribution >= 4 is 28.7 Å². The van der Waals surface area contributed by atoms with Crippen molar-refractivity contribution in [2.45, 2.75) is 32.0 Å². The summed E-state index contributed by atoms with van der Waals surface area (Å²) in [5.41, 5.74) is 2.96. The molecule has 1 atom stereocenters. The lowest BCUT2D eigenvalue weighted by Gasteiger charge is -2.30. The third kappa shape index (κ3) is 5.18. The molecule has 0 saturated carbocycles. The number of imidazole rings is 1. The second kappa shape index (κ2) is 10.4. The van der Waals surface area contributed by atoms with Gasteiger partial charge >= 0.3 is 0 Å². The maximum Gasteiger partial charge on any atom is 0.251 e. The Morgan fingerprint density at radius 2 is 1.70 bits per heavy atom. The lowest BCUT2D eigenvalue weighted by molar-refractivity contribution is 0.00199. The van der Waals surface area contributed by atoms with E-state index in [1.807, 2.05) is 82.4 Å². The number of rotatable bonds is 6. The summed E-state index contributed by atoms with van der Waals surface area (Å²) in [5.74, 6) is 0. The van der Waals surface area contributed by atoms with Crippen LogP contribution in [0, 0.1) is 0 Å². The second-order valence-corrected chi connectivity index (χ2v) is 11.3. The number of aromatic nitrogens is 3. The number of fused-ring (bicyclic) bond motifs is 1. The van der Waals surface area contributed by atoms with Gasteiger partial charge in [-0.25, -0.2) is 4.98 Å². The molecule has 0 aliphatic heterocycles. The van der Waals surface area contributed by atoms with Crippen LogP contribution in [0.4, 0.5) is 0 Å². The normalized spacial score (nSPS) is 13.6. The number of pyridine rings is 1. The van der Waals surface area contributed by atoms with Crippen LogP contribution in [-0.2, 0) is 24.5 Å². The molecule has 7 nitrogen and oxygen atoms in total. The SMILES string of the molecule is Cn1cncc1C(O)(c1ccc(Cl)cc1)c1ccc2c(c1)c(-c1cccc(C=NOC(C)(C)C)c1)cc(=O)n2C. The van der Waals surface area contributed by atoms with Crippen molar-refractivity contribution in [1.29, 1.82) is 0 Å². The van der Waals surface area contributed by atoms with Crippen molar-refractivity contribution in [3.63, 3.8) is 0 Å². The number of nitrogens with zero attached hydrogens (tertiary/aromatic N) is 4. The van der Waals surface area contributed by atoms with E-state index in [0.717, 1.165) is 27.6 Å². The minimum atomic E-state index is -1.53. The summed E-state index contributed by atoms with van der Waals surface area (Å²) in [7, 11) is 3.59. The monoisotopic (exact) mass is 554 g/mol. The van der Waals surface area contributed by atoms with Crippen molar-refractivity contribution in [1.82, 2.24) is 14.1 Å². The first-order valence-corrected chi connectivity index (χ1v) is 13.3. The largest absolute Gasteiger partial charge is 0.390 e. The average Bonchev–Trinajstić information content (AvgIpc) is 3.36. The van der Waals surface area contributed by atoms with Crippen LogP contribution in [0.5, 0.6) is 0 Å². The number of hydrogen-bond donors (Lipinski definition) is 1. The molecule has 1 N–H and O–H groups in total. The van der Waals surface area contributed by atoms with E-state index in [4.69, 9.17) is 16.4 Å². The Labute approximate surface area is 237 Å². The van der Waals surface area contributed by atoms with Gasteiger partial charge in [-0.2, -0.15) is 0 Å². The molecule has 0 aliphatic rings. The topological polar surface area (TPSA) is 81.6 Å². The van der Waals surface area contributed by atoms with E-state index in [-0.39, 0.29) is 5.56 Å². The summed E-state index contributed by atoms with van der Waals surface area (Å²) < 4.78 is 3.40. The highest BCUT2D eigenvalue weighted by Crippen LogP contribution is 2.39. The van der Waals surface area contributed by atoms with Gasteiger partial charge in [-0.15, -0.1) is 0 Å². The summed E-state index contributed by atoms with van der Waals surface area (Å²) in [4.78, 5) is 22.8. The summed E-state index contributed by atoms with van der Waals surface area (Å²) in [6.07, 6.45) is 4.97. The number of oxime groups is 1. The van der Waals surface area contributed by atoms with Gasteiger partial charge in [0.25, 0.3) is 5.56 Å². The van der Waals surface area contributed by atoms with E-state index in [1.54, 1.807) is 53.1 Å². The zero-order valence-electron chi connectivity index (χ0n) is 23.1. The molecule has 2 aromatic heterocycles. The molecule has 2 heterocycles. The van der Waals surface area contributed by atoms with E-state index < -0.39 is 11.2 Å². The molecule has 0 bridgehead atoms. The predicted octanol–water partition coefficient (Wildman–Crippen LogP) is 6.03. The first-order chi connectivity index (χ1) is 19.0. The highest BCUT2D eigenvalue weighted by molar-refractivity contribution is 6.30. The molecule has 40 heavy (non-hydrogen) atoms. The zero-order valence-corrected chi connectivity index (χ0v) is 23.8. The van der Waals surface area contributed by atoms with Crippen molar-refractivity contribution in [2.24, 2.45) is 19.3 Å². The van der Waals surface area contributed by atoms with Gasteiger partial charge in [0.2, 0.25) is 0 Å². The molecule has 0 fully saturated rings. The number of hydrogen-bond acceptors (Lipinski definition) is 5. The molecular formula is C32H31ClN4O3. The molecule has 204 valence electrons. The van der Waals surface area contributed by atoms with Crippen LogP contribution in [0.25, 0.3) is 22.0 Å². The first kappa shape index (κ1) is 27.4. The summed E-state index contributed by atoms with van der Waals surface area (Å²) in [5, 5.41) is 17.9. The van der Waals surface area contributed by atoms with Crippen molar-refractivity contribution in [3.05, 3.63) is 123 Å². The lowest BCUT2D eigenvalue weighted by Crippen LogP contribution is -2.31. The van der Waals surface area contributed by atoms with Gasteiger partial charge in [-0.1, -0.05) is 53.2 Å². The fourth-order valence-corrected chi connectivity index (χ4v) is 4.94. The van der Waals surface area contributed by atoms with Crippen LogP contribution in [0.1, 0.15) is 43.2 Å². The van der Waals surface area contributed by atoms with Crippen molar-refractivity contribution in [3.8, 4) is 11.1 Å². The van der Waals surface area contributed by atoms with Crippen LogP contribution in [0.3, 0.4) is 0 Å². The minimum absolute atomic E-state index is 0.134. The Hall–Kier alpha value is -4.20. The molecule has 0 radical (unpaired) electrons. The highest BCUT2D eigenvalue weighted by atomic mass is 35.5. The minimum Gasteiger partial charge on any atom is -0.390 e. The summed E-state index contributed by atoms with van der Waals surface area (Å²) in [6, 6.07) is 22.2. The van der Waals surface area contributed by atoms with Gasteiger partial charge in [0.05, 0.1) is 29.9 Å². The van der Waals surface area contributed by atoms with Gasteiger partial charge < -0.3 is 19.1 Å². The maximum atomic E-state index is 13.0. The van der Waals surface area contributed by atoms with Crippen LogP contribution in [-0.4, -0.2) is 31.0 Å². The predicted molar refractivity (Wildman–Crippen MR) is 160 cm³/mol. The summed E-state index contributed by atoms with van der Waals surface area (Å²) >= 11 is 6.18. The Bertz CT molecular complexity index is 1780. The molecular weight excluding hydrogens is 524 g/mol. The number of halogens is 1. The van der Waals surface area contributed by atoms with Gasteiger partial charge in [0.15, 0.2) is 5.60 Å². The van der Waals surface area contributed by atoms with Crippen LogP contribution in [0.2, 0.25) is 5.02 Å². The number of aryl methyl sites for hydroxylation is 2. The first-order valence-electron chi connectivity index (χ1n) is 12.9. The quantitative estimate of drug-likeness (QED) is 0.205. The molecule has 3 aromatic carbocycles. The van der Waals surface area contributed by atoms with Crippen LogP contribution in [0.15, 0.2) is 95.3 Å². The third-order valence-electron chi connectivity index (χ3n) is 6.84. The zero-order chi connectivity index (χ0) is 28.7. The third-order valence-corrected chi connectivity index (χ3v) is 7.09. The van der Waals surface area contributed by atoms with E-state index in [1.165, 1.54) is 0 Å². The molecule has 5 rings (SSSR count). The standard InChI is InChI=1S/C32H31ClN4O3/c1-31(2,3)40-35-18-21-7-6-8-22(15-21)26-17-30(38)37(5)28-14-11-24(16-27(26)28)32(39,29-19-34-20-36(29)4)23-9-12-25(33)13-10-23/h6-20,39H,1-5H3. The maximum absolute atomic E-state index is 13.0. The Kier molecular flexibility index (Phi) is 7.12. The lowest BCUT2D eigenvalue weighted by atomic mass is 9.82. The smallest absolute Gasteiger partial charge is 0.251 e. The van der Waals surface area contributed by atoms with Gasteiger partial charge in [0, 0.05) is 30.6 Å². The highest BCUT2D eigenvalue weighted by Gasteiger charge is 2.37. The van der Waals surface area contributed by atoms with Crippen molar-refractivity contribution < 1.29 is 9.94 Å². The average molecular weight is 555 g/mol. The fourth-order valence-electron chi connectivity index (χ4n) is 4.82. The van der Waals surface area contributed by atoms with E-state index in [2.05, 4.69) is 10.1 Å². The molecule has 0 spiro atoms. The van der Waals surface area contributed by atoms with E-state index >= 15 is 0 Å². The molecule has 8 heteroatoms. The van der Waals surface area contributed by atoms with Gasteiger partial charge in [-0.3, -0.25) is 4.79 Å².